The zero-order chi connectivity index (χ0) is 10.4. The van der Waals surface area contributed by atoms with E-state index < -0.39 is 0 Å². The van der Waals surface area contributed by atoms with E-state index in [-0.39, 0.29) is 24.9 Å². The van der Waals surface area contributed by atoms with Crippen LogP contribution in [0.3, 0.4) is 0 Å². The first-order valence-electron chi connectivity index (χ1n) is 5.09. The van der Waals surface area contributed by atoms with Crippen LogP contribution in [-0.2, 0) is 4.74 Å². The minimum Gasteiger partial charge on any atom is -0.395 e. The van der Waals surface area contributed by atoms with E-state index in [2.05, 4.69) is 5.32 Å². The fourth-order valence-corrected chi connectivity index (χ4v) is 1.50. The normalized spacial score (nSPS) is 30.2. The van der Waals surface area contributed by atoms with Crippen molar-refractivity contribution < 1.29 is 14.9 Å². The highest BCUT2D eigenvalue weighted by Crippen LogP contribution is 2.12. The van der Waals surface area contributed by atoms with E-state index in [1.807, 2.05) is 0 Å². The summed E-state index contributed by atoms with van der Waals surface area (Å²) in [6.07, 6.45) is 1.25. The SMILES string of the molecule is NC(CO)CNC[C@@H]1C[C@H](O)CCO1. The molecule has 0 aromatic rings. The van der Waals surface area contributed by atoms with Gasteiger partial charge in [0.05, 0.1) is 18.8 Å². The first-order chi connectivity index (χ1) is 6.72. The molecule has 1 aliphatic heterocycles. The van der Waals surface area contributed by atoms with Crippen LogP contribution in [0.4, 0.5) is 0 Å². The summed E-state index contributed by atoms with van der Waals surface area (Å²) < 4.78 is 5.44. The van der Waals surface area contributed by atoms with E-state index in [9.17, 15) is 5.11 Å². The van der Waals surface area contributed by atoms with Crippen LogP contribution in [0, 0.1) is 0 Å². The summed E-state index contributed by atoms with van der Waals surface area (Å²) in [5.41, 5.74) is 5.51. The summed E-state index contributed by atoms with van der Waals surface area (Å²) in [6, 6.07) is -0.219. The molecule has 1 saturated heterocycles. The maximum atomic E-state index is 9.36. The Morgan fingerprint density at radius 1 is 1.57 bits per heavy atom. The molecule has 0 aliphatic carbocycles. The van der Waals surface area contributed by atoms with Gasteiger partial charge in [-0.1, -0.05) is 0 Å². The molecule has 0 aromatic heterocycles. The second kappa shape index (κ2) is 6.31. The Labute approximate surface area is 84.2 Å². The number of nitrogens with two attached hydrogens (primary N) is 1. The van der Waals surface area contributed by atoms with Gasteiger partial charge in [0.1, 0.15) is 0 Å². The van der Waals surface area contributed by atoms with Gasteiger partial charge in [-0.25, -0.2) is 0 Å². The molecule has 14 heavy (non-hydrogen) atoms. The standard InChI is InChI=1S/C9H20N2O3/c10-7(6-12)4-11-5-9-3-8(13)1-2-14-9/h7-9,11-13H,1-6,10H2/t7?,8-,9+/m1/s1. The number of rotatable bonds is 5. The summed E-state index contributed by atoms with van der Waals surface area (Å²) in [7, 11) is 0. The van der Waals surface area contributed by atoms with Crippen LogP contribution in [0.25, 0.3) is 0 Å². The van der Waals surface area contributed by atoms with E-state index in [0.717, 1.165) is 6.42 Å². The van der Waals surface area contributed by atoms with Crippen molar-refractivity contribution in [3.63, 3.8) is 0 Å². The first kappa shape index (κ1) is 11.9. The molecule has 3 atom stereocenters. The molecular formula is C9H20N2O3. The third-order valence-electron chi connectivity index (χ3n) is 2.35. The number of aliphatic hydroxyl groups excluding tert-OH is 2. The molecule has 84 valence electrons. The number of hydrogen-bond donors (Lipinski definition) is 4. The largest absolute Gasteiger partial charge is 0.395 e. The average Bonchev–Trinajstić information content (AvgIpc) is 2.17. The lowest BCUT2D eigenvalue weighted by atomic mass is 10.1. The molecule has 0 saturated carbocycles. The maximum Gasteiger partial charge on any atom is 0.0724 e. The topological polar surface area (TPSA) is 87.7 Å². The highest BCUT2D eigenvalue weighted by atomic mass is 16.5. The predicted octanol–water partition coefficient (Wildman–Crippen LogP) is -1.56. The van der Waals surface area contributed by atoms with Crippen molar-refractivity contribution in [1.82, 2.24) is 5.32 Å². The Balaban J connectivity index is 2.05. The molecule has 1 heterocycles. The Morgan fingerprint density at radius 3 is 3.00 bits per heavy atom. The van der Waals surface area contributed by atoms with Gasteiger partial charge in [-0.15, -0.1) is 0 Å². The minimum absolute atomic E-state index is 0.0127. The zero-order valence-electron chi connectivity index (χ0n) is 8.35. The monoisotopic (exact) mass is 204 g/mol. The maximum absolute atomic E-state index is 9.36. The van der Waals surface area contributed by atoms with Gasteiger partial charge in [0.15, 0.2) is 0 Å². The Kier molecular flexibility index (Phi) is 5.36. The Morgan fingerprint density at radius 2 is 2.36 bits per heavy atom. The van der Waals surface area contributed by atoms with Crippen LogP contribution in [0.15, 0.2) is 0 Å². The molecule has 0 amide bonds. The van der Waals surface area contributed by atoms with E-state index in [1.54, 1.807) is 0 Å². The van der Waals surface area contributed by atoms with E-state index in [4.69, 9.17) is 15.6 Å². The van der Waals surface area contributed by atoms with Crippen molar-refractivity contribution in [2.24, 2.45) is 5.73 Å². The molecule has 1 aliphatic rings. The molecule has 5 N–H and O–H groups in total. The second-order valence-corrected chi connectivity index (χ2v) is 3.77. The zero-order valence-corrected chi connectivity index (χ0v) is 8.35. The van der Waals surface area contributed by atoms with Gasteiger partial charge in [0.2, 0.25) is 0 Å². The van der Waals surface area contributed by atoms with Gasteiger partial charge in [0.25, 0.3) is 0 Å². The lowest BCUT2D eigenvalue weighted by Gasteiger charge is -2.27. The fourth-order valence-electron chi connectivity index (χ4n) is 1.50. The third kappa shape index (κ3) is 4.34. The van der Waals surface area contributed by atoms with Gasteiger partial charge >= 0.3 is 0 Å². The molecule has 0 aromatic carbocycles. The van der Waals surface area contributed by atoms with Crippen LogP contribution >= 0.6 is 0 Å². The molecule has 1 fully saturated rings. The third-order valence-corrected chi connectivity index (χ3v) is 2.35. The fraction of sp³-hybridized carbons (Fsp3) is 1.00. The summed E-state index contributed by atoms with van der Waals surface area (Å²) in [5, 5.41) is 21.1. The highest BCUT2D eigenvalue weighted by molar-refractivity contribution is 4.73. The summed E-state index contributed by atoms with van der Waals surface area (Å²) in [6.45, 7) is 1.87. The molecule has 1 rings (SSSR count). The van der Waals surface area contributed by atoms with Gasteiger partial charge < -0.3 is 26.0 Å². The number of aliphatic hydroxyl groups is 2. The van der Waals surface area contributed by atoms with Crippen molar-refractivity contribution in [3.8, 4) is 0 Å². The van der Waals surface area contributed by atoms with Gasteiger partial charge in [0, 0.05) is 32.2 Å². The lowest BCUT2D eigenvalue weighted by molar-refractivity contribution is -0.0418. The van der Waals surface area contributed by atoms with E-state index in [1.165, 1.54) is 0 Å². The van der Waals surface area contributed by atoms with Gasteiger partial charge in [-0.05, 0) is 6.42 Å². The van der Waals surface area contributed by atoms with Gasteiger partial charge in [-0.3, -0.25) is 0 Å². The molecule has 1 unspecified atom stereocenters. The van der Waals surface area contributed by atoms with Crippen LogP contribution in [-0.4, -0.2) is 54.8 Å². The quantitative estimate of drug-likeness (QED) is 0.435. The van der Waals surface area contributed by atoms with Crippen molar-refractivity contribution in [2.75, 3.05) is 26.3 Å². The predicted molar refractivity (Wildman–Crippen MR) is 52.9 cm³/mol. The lowest BCUT2D eigenvalue weighted by Crippen LogP contribution is -2.42. The van der Waals surface area contributed by atoms with Crippen LogP contribution in [0.5, 0.6) is 0 Å². The van der Waals surface area contributed by atoms with E-state index >= 15 is 0 Å². The summed E-state index contributed by atoms with van der Waals surface area (Å²) >= 11 is 0. The van der Waals surface area contributed by atoms with Crippen molar-refractivity contribution >= 4 is 0 Å². The van der Waals surface area contributed by atoms with Crippen LogP contribution < -0.4 is 11.1 Å². The first-order valence-corrected chi connectivity index (χ1v) is 5.09. The number of nitrogens with one attached hydrogen (secondary N) is 1. The van der Waals surface area contributed by atoms with Crippen molar-refractivity contribution in [1.29, 1.82) is 0 Å². The number of ether oxygens (including phenoxy) is 1. The summed E-state index contributed by atoms with van der Waals surface area (Å²) in [4.78, 5) is 0. The Bertz CT molecular complexity index is 157. The average molecular weight is 204 g/mol. The molecule has 0 radical (unpaired) electrons. The van der Waals surface area contributed by atoms with E-state index in [0.29, 0.717) is 26.1 Å². The van der Waals surface area contributed by atoms with Crippen LogP contribution in [0.1, 0.15) is 12.8 Å². The molecule has 5 nitrogen and oxygen atoms in total. The van der Waals surface area contributed by atoms with Crippen molar-refractivity contribution in [2.45, 2.75) is 31.1 Å². The van der Waals surface area contributed by atoms with Crippen LogP contribution in [0.2, 0.25) is 0 Å². The number of hydrogen-bond acceptors (Lipinski definition) is 5. The smallest absolute Gasteiger partial charge is 0.0724 e. The van der Waals surface area contributed by atoms with Gasteiger partial charge in [-0.2, -0.15) is 0 Å². The molecule has 0 spiro atoms. The highest BCUT2D eigenvalue weighted by Gasteiger charge is 2.20. The molecular weight excluding hydrogens is 184 g/mol. The van der Waals surface area contributed by atoms with Crippen molar-refractivity contribution in [3.05, 3.63) is 0 Å². The molecule has 5 heteroatoms. The minimum atomic E-state index is -0.234. The Hall–Kier alpha value is -0.200. The second-order valence-electron chi connectivity index (χ2n) is 3.77. The summed E-state index contributed by atoms with van der Waals surface area (Å²) in [5.74, 6) is 0. The molecule has 0 bridgehead atoms.